The summed E-state index contributed by atoms with van der Waals surface area (Å²) < 4.78 is 24.6. The minimum Gasteiger partial charge on any atom is -0.489 e. The zero-order valence-electron chi connectivity index (χ0n) is 14.3. The van der Waals surface area contributed by atoms with E-state index in [0.29, 0.717) is 41.8 Å². The van der Waals surface area contributed by atoms with Crippen molar-refractivity contribution in [3.05, 3.63) is 46.7 Å². The van der Waals surface area contributed by atoms with E-state index in [9.17, 15) is 9.18 Å². The molecule has 1 atom stereocenters. The number of nitrogens with one attached hydrogen (secondary N) is 1. The second-order valence-corrected chi connectivity index (χ2v) is 6.81. The summed E-state index contributed by atoms with van der Waals surface area (Å²) in [5, 5.41) is 3.19. The third-order valence-electron chi connectivity index (χ3n) is 4.53. The fourth-order valence-corrected chi connectivity index (χ4v) is 3.63. The molecule has 0 aliphatic carbocycles. The Hall–Kier alpha value is -2.91. The number of ether oxygens (including phenoxy) is 2. The Kier molecular flexibility index (Phi) is 4.54. The minimum atomic E-state index is -0.360. The van der Waals surface area contributed by atoms with E-state index < -0.39 is 0 Å². The fraction of sp³-hybridized carbons (Fsp3) is 0.250. The summed E-state index contributed by atoms with van der Waals surface area (Å²) in [5.74, 6) is 3.01. The van der Waals surface area contributed by atoms with Gasteiger partial charge in [-0.25, -0.2) is 4.39 Å². The number of hydrogen-bond donors (Lipinski definition) is 1. The van der Waals surface area contributed by atoms with Gasteiger partial charge in [0.2, 0.25) is 0 Å². The van der Waals surface area contributed by atoms with Gasteiger partial charge in [-0.1, -0.05) is 11.6 Å². The third kappa shape index (κ3) is 3.38. The van der Waals surface area contributed by atoms with E-state index in [4.69, 9.17) is 27.5 Å². The van der Waals surface area contributed by atoms with E-state index in [0.717, 1.165) is 11.3 Å². The molecule has 0 saturated carbocycles. The van der Waals surface area contributed by atoms with Crippen molar-refractivity contribution in [2.75, 3.05) is 23.4 Å². The van der Waals surface area contributed by atoms with Crippen molar-refractivity contribution in [1.29, 1.82) is 0 Å². The Bertz CT molecular complexity index is 957. The van der Waals surface area contributed by atoms with Crippen LogP contribution in [0.15, 0.2) is 30.3 Å². The molecule has 2 aromatic rings. The van der Waals surface area contributed by atoms with Gasteiger partial charge in [-0.15, -0.1) is 12.3 Å². The second kappa shape index (κ2) is 7.01. The summed E-state index contributed by atoms with van der Waals surface area (Å²) >= 11 is 6.33. The van der Waals surface area contributed by atoms with Gasteiger partial charge in [0.25, 0.3) is 5.91 Å². The highest BCUT2D eigenvalue weighted by atomic mass is 35.5. The Morgan fingerprint density at radius 1 is 1.33 bits per heavy atom. The zero-order chi connectivity index (χ0) is 19.0. The van der Waals surface area contributed by atoms with E-state index >= 15 is 0 Å². The normalized spacial score (nSPS) is 17.7. The zero-order valence-corrected chi connectivity index (χ0v) is 15.1. The van der Waals surface area contributed by atoms with E-state index in [1.54, 1.807) is 12.1 Å². The maximum Gasteiger partial charge on any atom is 0.262 e. The lowest BCUT2D eigenvalue weighted by Gasteiger charge is -2.38. The van der Waals surface area contributed by atoms with Crippen LogP contribution in [0.3, 0.4) is 0 Å². The lowest BCUT2D eigenvalue weighted by molar-refractivity contribution is -0.118. The van der Waals surface area contributed by atoms with Gasteiger partial charge in [-0.05, 0) is 29.8 Å². The molecular weight excluding hydrogens is 371 g/mol. The number of carbonyl (C=O) groups is 1. The van der Waals surface area contributed by atoms with Crippen molar-refractivity contribution < 1.29 is 18.7 Å². The summed E-state index contributed by atoms with van der Waals surface area (Å²) in [6.07, 6.45) is 5.99. The van der Waals surface area contributed by atoms with Gasteiger partial charge in [0.05, 0.1) is 22.4 Å². The summed E-state index contributed by atoms with van der Waals surface area (Å²) in [6, 6.07) is 7.99. The average Bonchev–Trinajstić information content (AvgIpc) is 2.63. The van der Waals surface area contributed by atoms with Crippen LogP contribution in [0.25, 0.3) is 0 Å². The van der Waals surface area contributed by atoms with Crippen LogP contribution in [0.2, 0.25) is 5.02 Å². The molecule has 0 fully saturated rings. The number of terminal acetylenes is 1. The molecule has 0 spiro atoms. The standard InChI is InChI=1S/C20H16ClFN2O3/c1-2-3-14-10-26-18-8-13(22)4-5-17(18)24(14)9-12-6-15(21)20-16(7-12)23-19(25)11-27-20/h1,4-8,14H,3,9-11H2,(H,23,25)/t14-/m0/s1. The van der Waals surface area contributed by atoms with Gasteiger partial charge in [0, 0.05) is 19.0 Å². The summed E-state index contributed by atoms with van der Waals surface area (Å²) in [4.78, 5) is 13.7. The van der Waals surface area contributed by atoms with Gasteiger partial charge in [0.15, 0.2) is 12.4 Å². The molecular formula is C20H16ClFN2O3. The van der Waals surface area contributed by atoms with Crippen molar-refractivity contribution >= 4 is 28.9 Å². The van der Waals surface area contributed by atoms with E-state index in [-0.39, 0.29) is 24.4 Å². The molecule has 2 aromatic carbocycles. The molecule has 0 unspecified atom stereocenters. The van der Waals surface area contributed by atoms with Crippen LogP contribution in [0.4, 0.5) is 15.8 Å². The molecule has 1 amide bonds. The molecule has 0 aromatic heterocycles. The highest BCUT2D eigenvalue weighted by molar-refractivity contribution is 6.32. The lowest BCUT2D eigenvalue weighted by Crippen LogP contribution is -2.42. The molecule has 0 radical (unpaired) electrons. The largest absolute Gasteiger partial charge is 0.489 e. The Balaban J connectivity index is 1.70. The highest BCUT2D eigenvalue weighted by Crippen LogP contribution is 2.39. The molecule has 1 N–H and O–H groups in total. The quantitative estimate of drug-likeness (QED) is 0.819. The predicted molar refractivity (Wildman–Crippen MR) is 101 cm³/mol. The van der Waals surface area contributed by atoms with E-state index in [1.807, 2.05) is 6.07 Å². The molecule has 7 heteroatoms. The molecule has 0 bridgehead atoms. The maximum absolute atomic E-state index is 13.6. The molecule has 2 heterocycles. The number of carbonyl (C=O) groups excluding carboxylic acids is 1. The number of amides is 1. The number of benzene rings is 2. The maximum atomic E-state index is 13.6. The molecule has 5 nitrogen and oxygen atoms in total. The smallest absolute Gasteiger partial charge is 0.262 e. The van der Waals surface area contributed by atoms with Crippen molar-refractivity contribution in [3.8, 4) is 23.8 Å². The van der Waals surface area contributed by atoms with Crippen LogP contribution < -0.4 is 19.7 Å². The number of nitrogens with zero attached hydrogens (tertiary/aromatic N) is 1. The fourth-order valence-electron chi connectivity index (χ4n) is 3.33. The Labute approximate surface area is 161 Å². The van der Waals surface area contributed by atoms with Crippen LogP contribution in [0.5, 0.6) is 11.5 Å². The lowest BCUT2D eigenvalue weighted by atomic mass is 10.1. The number of halogens is 2. The number of fused-ring (bicyclic) bond motifs is 2. The predicted octanol–water partition coefficient (Wildman–Crippen LogP) is 3.60. The SMILES string of the molecule is C#CC[C@H]1COc2cc(F)ccc2N1Cc1cc(Cl)c2c(c1)NC(=O)CO2. The van der Waals surface area contributed by atoms with E-state index in [1.165, 1.54) is 12.1 Å². The number of hydrogen-bond acceptors (Lipinski definition) is 4. The molecule has 2 aliphatic rings. The summed E-state index contributed by atoms with van der Waals surface area (Å²) in [7, 11) is 0. The first-order chi connectivity index (χ1) is 13.0. The van der Waals surface area contributed by atoms with Crippen LogP contribution in [0, 0.1) is 18.2 Å². The van der Waals surface area contributed by atoms with Crippen LogP contribution >= 0.6 is 11.6 Å². The van der Waals surface area contributed by atoms with Gasteiger partial charge in [-0.3, -0.25) is 4.79 Å². The Morgan fingerprint density at radius 3 is 3.00 bits per heavy atom. The summed E-state index contributed by atoms with van der Waals surface area (Å²) in [5.41, 5.74) is 2.16. The number of anilines is 2. The first-order valence-electron chi connectivity index (χ1n) is 8.42. The van der Waals surface area contributed by atoms with Gasteiger partial charge >= 0.3 is 0 Å². The molecule has 0 saturated heterocycles. The van der Waals surface area contributed by atoms with Crippen LogP contribution in [-0.2, 0) is 11.3 Å². The van der Waals surface area contributed by atoms with Crippen LogP contribution in [-0.4, -0.2) is 25.2 Å². The van der Waals surface area contributed by atoms with Crippen LogP contribution in [0.1, 0.15) is 12.0 Å². The molecule has 138 valence electrons. The van der Waals surface area contributed by atoms with Gasteiger partial charge < -0.3 is 19.7 Å². The highest BCUT2D eigenvalue weighted by Gasteiger charge is 2.28. The number of rotatable bonds is 3. The van der Waals surface area contributed by atoms with Gasteiger partial charge in [0.1, 0.15) is 18.2 Å². The summed E-state index contributed by atoms with van der Waals surface area (Å²) in [6.45, 7) is 0.773. The van der Waals surface area contributed by atoms with Crippen molar-refractivity contribution in [2.24, 2.45) is 0 Å². The monoisotopic (exact) mass is 386 g/mol. The second-order valence-electron chi connectivity index (χ2n) is 6.40. The van der Waals surface area contributed by atoms with Gasteiger partial charge in [-0.2, -0.15) is 0 Å². The van der Waals surface area contributed by atoms with Crippen molar-refractivity contribution in [1.82, 2.24) is 0 Å². The minimum absolute atomic E-state index is 0.0568. The van der Waals surface area contributed by atoms with Crippen molar-refractivity contribution in [2.45, 2.75) is 19.0 Å². The third-order valence-corrected chi connectivity index (χ3v) is 4.82. The first-order valence-corrected chi connectivity index (χ1v) is 8.80. The molecule has 4 rings (SSSR count). The van der Waals surface area contributed by atoms with Crippen molar-refractivity contribution in [3.63, 3.8) is 0 Å². The van der Waals surface area contributed by atoms with E-state index in [2.05, 4.69) is 16.1 Å². The first kappa shape index (κ1) is 17.5. The molecule has 2 aliphatic heterocycles. The average molecular weight is 387 g/mol. The molecule has 27 heavy (non-hydrogen) atoms. The Morgan fingerprint density at radius 2 is 2.19 bits per heavy atom. The topological polar surface area (TPSA) is 50.8 Å².